The summed E-state index contributed by atoms with van der Waals surface area (Å²) >= 11 is 0. The average Bonchev–Trinajstić information content (AvgIpc) is 2.24. The van der Waals surface area contributed by atoms with Crippen LogP contribution in [0.4, 0.5) is 18.9 Å². The van der Waals surface area contributed by atoms with Crippen molar-refractivity contribution in [2.75, 3.05) is 18.5 Å². The molecule has 0 heterocycles. The molecule has 0 aliphatic rings. The lowest BCUT2D eigenvalue weighted by Gasteiger charge is -2.10. The maximum Gasteiger partial charge on any atom is 0.522 e. The smallest absolute Gasteiger partial charge is 0.383 e. The van der Waals surface area contributed by atoms with Crippen LogP contribution in [0.1, 0.15) is 25.3 Å². The van der Waals surface area contributed by atoms with E-state index in [4.69, 9.17) is 0 Å². The fourth-order valence-electron chi connectivity index (χ4n) is 1.35. The Labute approximate surface area is 98.8 Å². The summed E-state index contributed by atoms with van der Waals surface area (Å²) in [5.41, 5.74) is 1.99. The molecule has 0 aliphatic heterocycles. The highest BCUT2D eigenvalue weighted by atomic mass is 19.4. The molecule has 2 nitrogen and oxygen atoms in total. The molecule has 96 valence electrons. The summed E-state index contributed by atoms with van der Waals surface area (Å²) in [5, 5.41) is 2.86. The van der Waals surface area contributed by atoms with Gasteiger partial charge in [0.2, 0.25) is 0 Å². The summed E-state index contributed by atoms with van der Waals surface area (Å²) < 4.78 is 38.7. The third-order valence-corrected chi connectivity index (χ3v) is 2.27. The van der Waals surface area contributed by atoms with Crippen molar-refractivity contribution >= 4 is 5.69 Å². The highest BCUT2D eigenvalue weighted by Gasteiger charge is 2.28. The van der Waals surface area contributed by atoms with Gasteiger partial charge in [0, 0.05) is 12.2 Å². The number of rotatable bonds is 5. The standard InChI is InChI=1S/C12H16F3NO/c1-9(2)10-3-5-11(6-4-10)16-7-8-17-12(13,14)15/h3-6,9,16H,7-8H2,1-2H3. The molecule has 0 aromatic heterocycles. The van der Waals surface area contributed by atoms with Crippen LogP contribution in [0.3, 0.4) is 0 Å². The van der Waals surface area contributed by atoms with Crippen molar-refractivity contribution in [3.05, 3.63) is 29.8 Å². The second-order valence-electron chi connectivity index (χ2n) is 4.00. The monoisotopic (exact) mass is 247 g/mol. The van der Waals surface area contributed by atoms with E-state index in [1.165, 1.54) is 5.56 Å². The molecule has 0 bridgehead atoms. The Morgan fingerprint density at radius 2 is 1.76 bits per heavy atom. The molecule has 0 fully saturated rings. The van der Waals surface area contributed by atoms with E-state index in [9.17, 15) is 13.2 Å². The Morgan fingerprint density at radius 3 is 2.24 bits per heavy atom. The second-order valence-corrected chi connectivity index (χ2v) is 4.00. The molecule has 0 aliphatic carbocycles. The van der Waals surface area contributed by atoms with Crippen LogP contribution in [0.25, 0.3) is 0 Å². The van der Waals surface area contributed by atoms with Crippen LogP contribution in [0.15, 0.2) is 24.3 Å². The number of alkyl halides is 3. The van der Waals surface area contributed by atoms with Gasteiger partial charge in [0.15, 0.2) is 0 Å². The first kappa shape index (κ1) is 13.8. The van der Waals surface area contributed by atoms with Crippen LogP contribution in [0.5, 0.6) is 0 Å². The maximum absolute atomic E-state index is 11.7. The minimum absolute atomic E-state index is 0.126. The van der Waals surface area contributed by atoms with E-state index in [1.807, 2.05) is 24.3 Å². The third-order valence-electron chi connectivity index (χ3n) is 2.27. The van der Waals surface area contributed by atoms with Gasteiger partial charge < -0.3 is 5.32 Å². The van der Waals surface area contributed by atoms with E-state index in [2.05, 4.69) is 23.9 Å². The van der Waals surface area contributed by atoms with Crippen molar-refractivity contribution in [2.24, 2.45) is 0 Å². The van der Waals surface area contributed by atoms with E-state index >= 15 is 0 Å². The van der Waals surface area contributed by atoms with Gasteiger partial charge in [-0.2, -0.15) is 0 Å². The molecule has 0 unspecified atom stereocenters. The summed E-state index contributed by atoms with van der Waals surface area (Å²) in [7, 11) is 0. The van der Waals surface area contributed by atoms with Gasteiger partial charge in [0.1, 0.15) is 0 Å². The van der Waals surface area contributed by atoms with Gasteiger partial charge in [-0.1, -0.05) is 26.0 Å². The SMILES string of the molecule is CC(C)c1ccc(NCCOC(F)(F)F)cc1. The van der Waals surface area contributed by atoms with Crippen LogP contribution in [-0.2, 0) is 4.74 Å². The molecule has 0 saturated carbocycles. The van der Waals surface area contributed by atoms with E-state index in [0.717, 1.165) is 5.69 Å². The van der Waals surface area contributed by atoms with Crippen LogP contribution < -0.4 is 5.32 Å². The molecular weight excluding hydrogens is 231 g/mol. The lowest BCUT2D eigenvalue weighted by atomic mass is 10.0. The first-order chi connectivity index (χ1) is 7.88. The fourth-order valence-corrected chi connectivity index (χ4v) is 1.35. The number of hydrogen-bond acceptors (Lipinski definition) is 2. The normalized spacial score (nSPS) is 11.9. The molecule has 0 amide bonds. The quantitative estimate of drug-likeness (QED) is 0.800. The molecular formula is C12H16F3NO. The second kappa shape index (κ2) is 5.91. The van der Waals surface area contributed by atoms with E-state index in [0.29, 0.717) is 5.92 Å². The summed E-state index contributed by atoms with van der Waals surface area (Å²) in [5.74, 6) is 0.442. The first-order valence-electron chi connectivity index (χ1n) is 5.43. The Hall–Kier alpha value is -1.23. The molecule has 1 rings (SSSR count). The minimum Gasteiger partial charge on any atom is -0.383 e. The van der Waals surface area contributed by atoms with Gasteiger partial charge >= 0.3 is 6.36 Å². The zero-order valence-electron chi connectivity index (χ0n) is 9.84. The van der Waals surface area contributed by atoms with Gasteiger partial charge in [0.05, 0.1) is 6.61 Å². The summed E-state index contributed by atoms with van der Waals surface area (Å²) in [6, 6.07) is 7.61. The van der Waals surface area contributed by atoms with Crippen molar-refractivity contribution in [3.8, 4) is 0 Å². The number of anilines is 1. The molecule has 1 aromatic rings. The van der Waals surface area contributed by atoms with Crippen LogP contribution in [0, 0.1) is 0 Å². The average molecular weight is 247 g/mol. The number of ether oxygens (including phenoxy) is 1. The zero-order valence-corrected chi connectivity index (χ0v) is 9.84. The molecule has 1 aromatic carbocycles. The highest BCUT2D eigenvalue weighted by molar-refractivity contribution is 5.45. The van der Waals surface area contributed by atoms with Crippen molar-refractivity contribution in [1.82, 2.24) is 0 Å². The van der Waals surface area contributed by atoms with Crippen molar-refractivity contribution < 1.29 is 17.9 Å². The summed E-state index contributed by atoms with van der Waals surface area (Å²) in [6.45, 7) is 3.90. The Bertz CT molecular complexity index is 333. The molecule has 0 spiro atoms. The van der Waals surface area contributed by atoms with Crippen LogP contribution in [-0.4, -0.2) is 19.5 Å². The molecule has 0 saturated heterocycles. The van der Waals surface area contributed by atoms with Gasteiger partial charge in [-0.15, -0.1) is 13.2 Å². The lowest BCUT2D eigenvalue weighted by molar-refractivity contribution is -0.322. The largest absolute Gasteiger partial charge is 0.522 e. The van der Waals surface area contributed by atoms with Gasteiger partial charge in [-0.25, -0.2) is 0 Å². The van der Waals surface area contributed by atoms with Gasteiger partial charge in [-0.3, -0.25) is 4.74 Å². The lowest BCUT2D eigenvalue weighted by Crippen LogP contribution is -2.19. The molecule has 1 N–H and O–H groups in total. The van der Waals surface area contributed by atoms with Crippen molar-refractivity contribution in [3.63, 3.8) is 0 Å². The summed E-state index contributed by atoms with van der Waals surface area (Å²) in [6.07, 6.45) is -4.55. The number of halogens is 3. The topological polar surface area (TPSA) is 21.3 Å². The first-order valence-corrected chi connectivity index (χ1v) is 5.43. The number of benzene rings is 1. The van der Waals surface area contributed by atoms with Crippen molar-refractivity contribution in [2.45, 2.75) is 26.1 Å². The minimum atomic E-state index is -4.55. The zero-order chi connectivity index (χ0) is 12.9. The van der Waals surface area contributed by atoms with Crippen LogP contribution >= 0.6 is 0 Å². The van der Waals surface area contributed by atoms with E-state index < -0.39 is 13.0 Å². The van der Waals surface area contributed by atoms with Gasteiger partial charge in [-0.05, 0) is 23.6 Å². The van der Waals surface area contributed by atoms with Crippen LogP contribution in [0.2, 0.25) is 0 Å². The fraction of sp³-hybridized carbons (Fsp3) is 0.500. The Balaban J connectivity index is 2.33. The number of hydrogen-bond donors (Lipinski definition) is 1. The van der Waals surface area contributed by atoms with E-state index in [-0.39, 0.29) is 6.54 Å². The Morgan fingerprint density at radius 1 is 1.18 bits per heavy atom. The maximum atomic E-state index is 11.7. The highest BCUT2D eigenvalue weighted by Crippen LogP contribution is 2.18. The molecule has 0 atom stereocenters. The molecule has 17 heavy (non-hydrogen) atoms. The molecule has 0 radical (unpaired) electrons. The predicted molar refractivity (Wildman–Crippen MR) is 61.0 cm³/mol. The number of nitrogens with one attached hydrogen (secondary N) is 1. The third kappa shape index (κ3) is 5.58. The van der Waals surface area contributed by atoms with Crippen molar-refractivity contribution in [1.29, 1.82) is 0 Å². The van der Waals surface area contributed by atoms with E-state index in [1.54, 1.807) is 0 Å². The Kier molecular flexibility index (Phi) is 4.81. The van der Waals surface area contributed by atoms with Gasteiger partial charge in [0.25, 0.3) is 0 Å². The summed E-state index contributed by atoms with van der Waals surface area (Å²) in [4.78, 5) is 0. The predicted octanol–water partition coefficient (Wildman–Crippen LogP) is 3.76. The molecule has 5 heteroatoms.